The van der Waals surface area contributed by atoms with Gasteiger partial charge in [0.2, 0.25) is 0 Å². The van der Waals surface area contributed by atoms with E-state index < -0.39 is 21.7 Å². The summed E-state index contributed by atoms with van der Waals surface area (Å²) in [7, 11) is -3.95. The van der Waals surface area contributed by atoms with Crippen LogP contribution in [0.15, 0.2) is 41.3 Å². The van der Waals surface area contributed by atoms with E-state index in [0.717, 1.165) is 23.3 Å². The number of aryl methyl sites for hydroxylation is 2. The Hall–Kier alpha value is -1.95. The molecule has 2 aromatic carbocycles. The Morgan fingerprint density at radius 1 is 0.950 bits per heavy atom. The summed E-state index contributed by atoms with van der Waals surface area (Å²) in [5.41, 5.74) is 1.93. The number of nitrogens with one attached hydrogen (secondary N) is 1. The van der Waals surface area contributed by atoms with E-state index in [0.29, 0.717) is 11.8 Å². The molecule has 0 fully saturated rings. The Bertz CT molecular complexity index is 738. The molecule has 0 radical (unpaired) electrons. The molecular formula is C14H13F2NO2S. The van der Waals surface area contributed by atoms with Crippen molar-refractivity contribution in [2.75, 3.05) is 4.72 Å². The van der Waals surface area contributed by atoms with E-state index in [1.54, 1.807) is 32.0 Å². The molecule has 0 unspecified atom stereocenters. The molecule has 2 aromatic rings. The number of anilines is 1. The summed E-state index contributed by atoms with van der Waals surface area (Å²) < 4.78 is 52.7. The minimum Gasteiger partial charge on any atom is -0.279 e. The summed E-state index contributed by atoms with van der Waals surface area (Å²) in [5.74, 6) is -2.29. The molecule has 0 saturated heterocycles. The molecule has 6 heteroatoms. The largest absolute Gasteiger partial charge is 0.279 e. The quantitative estimate of drug-likeness (QED) is 0.944. The second-order valence-electron chi connectivity index (χ2n) is 4.45. The first-order valence-electron chi connectivity index (χ1n) is 5.85. The topological polar surface area (TPSA) is 46.2 Å². The normalized spacial score (nSPS) is 11.4. The summed E-state index contributed by atoms with van der Waals surface area (Å²) >= 11 is 0. The van der Waals surface area contributed by atoms with E-state index in [9.17, 15) is 17.2 Å². The molecule has 0 heterocycles. The summed E-state index contributed by atoms with van der Waals surface area (Å²) in [6, 6.07) is 7.79. The van der Waals surface area contributed by atoms with Crippen LogP contribution in [0.1, 0.15) is 11.1 Å². The molecule has 0 atom stereocenters. The molecule has 0 aromatic heterocycles. The van der Waals surface area contributed by atoms with Crippen LogP contribution >= 0.6 is 0 Å². The van der Waals surface area contributed by atoms with Crippen LogP contribution in [0.25, 0.3) is 0 Å². The van der Waals surface area contributed by atoms with E-state index in [-0.39, 0.29) is 4.90 Å². The molecule has 0 saturated carbocycles. The number of rotatable bonds is 3. The summed E-state index contributed by atoms with van der Waals surface area (Å²) in [6.45, 7) is 3.52. The highest BCUT2D eigenvalue weighted by atomic mass is 32.2. The molecule has 1 N–H and O–H groups in total. The molecule has 2 rings (SSSR count). The fourth-order valence-electron chi connectivity index (χ4n) is 1.81. The molecule has 20 heavy (non-hydrogen) atoms. The van der Waals surface area contributed by atoms with Crippen molar-refractivity contribution >= 4 is 15.7 Å². The van der Waals surface area contributed by atoms with Gasteiger partial charge in [-0.3, -0.25) is 4.72 Å². The van der Waals surface area contributed by atoms with Crippen LogP contribution < -0.4 is 4.72 Å². The van der Waals surface area contributed by atoms with Crippen molar-refractivity contribution in [2.45, 2.75) is 18.7 Å². The Morgan fingerprint density at radius 2 is 1.55 bits per heavy atom. The zero-order valence-corrected chi connectivity index (χ0v) is 11.8. The third kappa shape index (κ3) is 2.80. The van der Waals surface area contributed by atoms with E-state index in [1.165, 1.54) is 0 Å². The first kappa shape index (κ1) is 14.5. The van der Waals surface area contributed by atoms with Gasteiger partial charge in [0.1, 0.15) is 0 Å². The third-order valence-electron chi connectivity index (χ3n) is 2.92. The fraction of sp³-hybridized carbons (Fsp3) is 0.143. The van der Waals surface area contributed by atoms with Gasteiger partial charge in [-0.1, -0.05) is 18.2 Å². The molecule has 0 aliphatic rings. The molecule has 106 valence electrons. The van der Waals surface area contributed by atoms with Gasteiger partial charge < -0.3 is 0 Å². The van der Waals surface area contributed by atoms with Crippen molar-refractivity contribution in [3.05, 3.63) is 59.2 Å². The first-order valence-corrected chi connectivity index (χ1v) is 7.33. The standard InChI is InChI=1S/C14H13F2NO2S/c1-9-4-3-5-10(2)14(9)17-20(18,19)11-6-7-12(15)13(16)8-11/h3-8,17H,1-2H3. The molecule has 0 aliphatic carbocycles. The predicted octanol–water partition coefficient (Wildman–Crippen LogP) is 3.38. The van der Waals surface area contributed by atoms with Crippen molar-refractivity contribution in [3.63, 3.8) is 0 Å². The number of hydrogen-bond donors (Lipinski definition) is 1. The summed E-state index contributed by atoms with van der Waals surface area (Å²) in [5, 5.41) is 0. The van der Waals surface area contributed by atoms with Crippen molar-refractivity contribution in [3.8, 4) is 0 Å². The van der Waals surface area contributed by atoms with Crippen molar-refractivity contribution < 1.29 is 17.2 Å². The zero-order valence-electron chi connectivity index (χ0n) is 10.9. The lowest BCUT2D eigenvalue weighted by Gasteiger charge is -2.13. The lowest BCUT2D eigenvalue weighted by atomic mass is 10.1. The Morgan fingerprint density at radius 3 is 2.10 bits per heavy atom. The maximum atomic E-state index is 13.1. The van der Waals surface area contributed by atoms with Crippen LogP contribution in [0.5, 0.6) is 0 Å². The molecule has 0 spiro atoms. The zero-order chi connectivity index (χ0) is 14.9. The van der Waals surface area contributed by atoms with Gasteiger partial charge in [-0.15, -0.1) is 0 Å². The Labute approximate surface area is 116 Å². The SMILES string of the molecule is Cc1cccc(C)c1NS(=O)(=O)c1ccc(F)c(F)c1. The van der Waals surface area contributed by atoms with Crippen LogP contribution in [0.3, 0.4) is 0 Å². The van der Waals surface area contributed by atoms with Gasteiger partial charge in [0.15, 0.2) is 11.6 Å². The van der Waals surface area contributed by atoms with Gasteiger partial charge in [0, 0.05) is 0 Å². The highest BCUT2D eigenvalue weighted by Crippen LogP contribution is 2.24. The first-order chi connectivity index (χ1) is 9.31. The number of benzene rings is 2. The van der Waals surface area contributed by atoms with Crippen LogP contribution in [-0.4, -0.2) is 8.42 Å². The van der Waals surface area contributed by atoms with Gasteiger partial charge in [-0.05, 0) is 43.2 Å². The van der Waals surface area contributed by atoms with Crippen molar-refractivity contribution in [1.82, 2.24) is 0 Å². The van der Waals surface area contributed by atoms with Crippen LogP contribution in [-0.2, 0) is 10.0 Å². The number of halogens is 2. The van der Waals surface area contributed by atoms with Crippen LogP contribution in [0.2, 0.25) is 0 Å². The van der Waals surface area contributed by atoms with Gasteiger partial charge in [-0.25, -0.2) is 17.2 Å². The number of sulfonamides is 1. The number of para-hydroxylation sites is 1. The lowest BCUT2D eigenvalue weighted by molar-refractivity contribution is 0.504. The van der Waals surface area contributed by atoms with E-state index in [4.69, 9.17) is 0 Å². The van der Waals surface area contributed by atoms with Gasteiger partial charge in [-0.2, -0.15) is 0 Å². The molecule has 0 aliphatic heterocycles. The molecule has 0 bridgehead atoms. The maximum Gasteiger partial charge on any atom is 0.262 e. The highest BCUT2D eigenvalue weighted by molar-refractivity contribution is 7.92. The monoisotopic (exact) mass is 297 g/mol. The average Bonchev–Trinajstić information content (AvgIpc) is 2.37. The smallest absolute Gasteiger partial charge is 0.262 e. The van der Waals surface area contributed by atoms with Crippen LogP contribution in [0, 0.1) is 25.5 Å². The Balaban J connectivity index is 2.43. The van der Waals surface area contributed by atoms with Gasteiger partial charge in [0.05, 0.1) is 10.6 Å². The Kier molecular flexibility index (Phi) is 3.76. The summed E-state index contributed by atoms with van der Waals surface area (Å²) in [6.07, 6.45) is 0. The second kappa shape index (κ2) is 5.20. The van der Waals surface area contributed by atoms with E-state index in [1.807, 2.05) is 0 Å². The molecule has 3 nitrogen and oxygen atoms in total. The molecular weight excluding hydrogens is 284 g/mol. The molecule has 0 amide bonds. The highest BCUT2D eigenvalue weighted by Gasteiger charge is 2.18. The van der Waals surface area contributed by atoms with Crippen molar-refractivity contribution in [1.29, 1.82) is 0 Å². The van der Waals surface area contributed by atoms with E-state index >= 15 is 0 Å². The predicted molar refractivity (Wildman–Crippen MR) is 73.1 cm³/mol. The third-order valence-corrected chi connectivity index (χ3v) is 4.27. The van der Waals surface area contributed by atoms with Crippen LogP contribution in [0.4, 0.5) is 14.5 Å². The summed E-state index contributed by atoms with van der Waals surface area (Å²) in [4.78, 5) is -0.320. The second-order valence-corrected chi connectivity index (χ2v) is 6.13. The fourth-order valence-corrected chi connectivity index (χ4v) is 3.03. The lowest BCUT2D eigenvalue weighted by Crippen LogP contribution is -2.15. The van der Waals surface area contributed by atoms with Gasteiger partial charge in [0.25, 0.3) is 10.0 Å². The minimum absolute atomic E-state index is 0.320. The minimum atomic E-state index is -3.95. The van der Waals surface area contributed by atoms with Gasteiger partial charge >= 0.3 is 0 Å². The average molecular weight is 297 g/mol. The number of hydrogen-bond acceptors (Lipinski definition) is 2. The van der Waals surface area contributed by atoms with E-state index in [2.05, 4.69) is 4.72 Å². The maximum absolute atomic E-state index is 13.1. The van der Waals surface area contributed by atoms with Crippen molar-refractivity contribution in [2.24, 2.45) is 0 Å².